The molecule has 0 radical (unpaired) electrons. The molecule has 0 unspecified atom stereocenters. The first kappa shape index (κ1) is 28.8. The molecule has 5 rings (SSSR count). The molecule has 0 aliphatic carbocycles. The van der Waals surface area contributed by atoms with E-state index in [0.29, 0.717) is 17.1 Å². The SMILES string of the molecule is Cc1c(-c2cnn(C)c2)nn(-c2ccccc2)c1NC(=O)N[C@H]1CN(C(=O)OC(C)(C)C)C[C@H]1c1ccc(F)c(F)c1. The van der Waals surface area contributed by atoms with Gasteiger partial charge in [-0.2, -0.15) is 10.2 Å². The fourth-order valence-electron chi connectivity index (χ4n) is 5.03. The van der Waals surface area contributed by atoms with E-state index in [1.807, 2.05) is 50.5 Å². The summed E-state index contributed by atoms with van der Waals surface area (Å²) >= 11 is 0. The molecule has 12 heteroatoms. The molecule has 2 atom stereocenters. The summed E-state index contributed by atoms with van der Waals surface area (Å²) in [6, 6.07) is 11.8. The van der Waals surface area contributed by atoms with Crippen molar-refractivity contribution in [3.05, 3.63) is 83.7 Å². The molecular formula is C30H33F2N7O3. The fraction of sp³-hybridized carbons (Fsp3) is 0.333. The number of anilines is 1. The number of carbonyl (C=O) groups excluding carboxylic acids is 2. The predicted molar refractivity (Wildman–Crippen MR) is 153 cm³/mol. The van der Waals surface area contributed by atoms with Gasteiger partial charge in [0.1, 0.15) is 17.1 Å². The van der Waals surface area contributed by atoms with Crippen LogP contribution in [0.2, 0.25) is 0 Å². The zero-order valence-electron chi connectivity index (χ0n) is 24.1. The number of rotatable bonds is 5. The number of carbonyl (C=O) groups is 2. The molecule has 1 aliphatic rings. The largest absolute Gasteiger partial charge is 0.444 e. The van der Waals surface area contributed by atoms with Gasteiger partial charge in [-0.15, -0.1) is 0 Å². The minimum Gasteiger partial charge on any atom is -0.444 e. The van der Waals surface area contributed by atoms with Gasteiger partial charge in [0, 0.05) is 43.4 Å². The van der Waals surface area contributed by atoms with Crippen molar-refractivity contribution >= 4 is 17.9 Å². The quantitative estimate of drug-likeness (QED) is 0.331. The highest BCUT2D eigenvalue weighted by atomic mass is 19.2. The summed E-state index contributed by atoms with van der Waals surface area (Å²) < 4.78 is 36.7. The van der Waals surface area contributed by atoms with Gasteiger partial charge in [0.25, 0.3) is 0 Å². The molecule has 2 aromatic heterocycles. The van der Waals surface area contributed by atoms with Gasteiger partial charge in [0.2, 0.25) is 0 Å². The number of nitrogens with zero attached hydrogens (tertiary/aromatic N) is 5. The van der Waals surface area contributed by atoms with Crippen LogP contribution in [0.15, 0.2) is 60.9 Å². The number of hydrogen-bond acceptors (Lipinski definition) is 5. The first-order valence-corrected chi connectivity index (χ1v) is 13.5. The highest BCUT2D eigenvalue weighted by molar-refractivity contribution is 5.91. The number of benzene rings is 2. The molecule has 1 aliphatic heterocycles. The molecule has 3 heterocycles. The van der Waals surface area contributed by atoms with Gasteiger partial charge in [-0.1, -0.05) is 24.3 Å². The van der Waals surface area contributed by atoms with E-state index in [0.717, 1.165) is 28.9 Å². The van der Waals surface area contributed by atoms with E-state index < -0.39 is 41.3 Å². The van der Waals surface area contributed by atoms with Crippen LogP contribution in [0.5, 0.6) is 0 Å². The topological polar surface area (TPSA) is 106 Å². The van der Waals surface area contributed by atoms with Gasteiger partial charge in [-0.25, -0.2) is 23.1 Å². The van der Waals surface area contributed by atoms with Gasteiger partial charge < -0.3 is 15.0 Å². The summed E-state index contributed by atoms with van der Waals surface area (Å²) in [5.41, 5.74) is 2.63. The fourth-order valence-corrected chi connectivity index (χ4v) is 5.03. The molecule has 0 spiro atoms. The third kappa shape index (κ3) is 6.12. The minimum absolute atomic E-state index is 0.115. The van der Waals surface area contributed by atoms with Crippen LogP contribution in [-0.2, 0) is 11.8 Å². The summed E-state index contributed by atoms with van der Waals surface area (Å²) in [7, 11) is 1.81. The Morgan fingerprint density at radius 3 is 2.43 bits per heavy atom. The number of amides is 3. The normalized spacial score (nSPS) is 16.9. The van der Waals surface area contributed by atoms with Crippen molar-refractivity contribution in [2.75, 3.05) is 18.4 Å². The van der Waals surface area contributed by atoms with Crippen molar-refractivity contribution in [1.82, 2.24) is 29.8 Å². The Hall–Kier alpha value is -4.74. The molecule has 2 aromatic carbocycles. The molecule has 1 fully saturated rings. The summed E-state index contributed by atoms with van der Waals surface area (Å²) in [6.07, 6.45) is 2.98. The zero-order chi connectivity index (χ0) is 30.2. The number of halogens is 2. The number of aromatic nitrogens is 4. The smallest absolute Gasteiger partial charge is 0.410 e. The predicted octanol–water partition coefficient (Wildman–Crippen LogP) is 5.38. The lowest BCUT2D eigenvalue weighted by Crippen LogP contribution is -2.43. The van der Waals surface area contributed by atoms with Gasteiger partial charge in [0.05, 0.1) is 17.9 Å². The van der Waals surface area contributed by atoms with Crippen LogP contribution in [0, 0.1) is 18.6 Å². The molecule has 0 saturated carbocycles. The molecule has 0 bridgehead atoms. The van der Waals surface area contributed by atoms with E-state index in [1.54, 1.807) is 36.3 Å². The van der Waals surface area contributed by atoms with Crippen LogP contribution in [0.25, 0.3) is 16.9 Å². The Morgan fingerprint density at radius 2 is 1.79 bits per heavy atom. The summed E-state index contributed by atoms with van der Waals surface area (Å²) in [5, 5.41) is 14.9. The van der Waals surface area contributed by atoms with Crippen molar-refractivity contribution in [1.29, 1.82) is 0 Å². The highest BCUT2D eigenvalue weighted by Gasteiger charge is 2.39. The number of likely N-dealkylation sites (tertiary alicyclic amines) is 1. The number of ether oxygens (including phenoxy) is 1. The third-order valence-corrected chi connectivity index (χ3v) is 6.99. The monoisotopic (exact) mass is 577 g/mol. The first-order valence-electron chi connectivity index (χ1n) is 13.5. The summed E-state index contributed by atoms with van der Waals surface area (Å²) in [6.45, 7) is 7.40. The number of para-hydroxylation sites is 1. The van der Waals surface area contributed by atoms with Crippen LogP contribution < -0.4 is 10.6 Å². The lowest BCUT2D eigenvalue weighted by Gasteiger charge is -2.24. The van der Waals surface area contributed by atoms with E-state index in [9.17, 15) is 18.4 Å². The van der Waals surface area contributed by atoms with Crippen molar-refractivity contribution in [3.8, 4) is 16.9 Å². The van der Waals surface area contributed by atoms with Gasteiger partial charge in [-0.3, -0.25) is 10.00 Å². The Balaban J connectivity index is 1.43. The minimum atomic E-state index is -1.00. The average molecular weight is 578 g/mol. The van der Waals surface area contributed by atoms with Crippen molar-refractivity contribution in [2.24, 2.45) is 7.05 Å². The number of urea groups is 1. The van der Waals surface area contributed by atoms with Gasteiger partial charge in [-0.05, 0) is 57.5 Å². The van der Waals surface area contributed by atoms with Crippen LogP contribution in [0.3, 0.4) is 0 Å². The molecular weight excluding hydrogens is 544 g/mol. The molecule has 42 heavy (non-hydrogen) atoms. The molecule has 220 valence electrons. The summed E-state index contributed by atoms with van der Waals surface area (Å²) in [5.74, 6) is -2.04. The lowest BCUT2D eigenvalue weighted by atomic mass is 9.94. The van der Waals surface area contributed by atoms with Crippen LogP contribution in [0.1, 0.15) is 37.8 Å². The first-order chi connectivity index (χ1) is 19.9. The Morgan fingerprint density at radius 1 is 1.05 bits per heavy atom. The van der Waals surface area contributed by atoms with E-state index >= 15 is 0 Å². The van der Waals surface area contributed by atoms with Crippen LogP contribution in [0.4, 0.5) is 24.2 Å². The maximum atomic E-state index is 14.2. The molecule has 10 nitrogen and oxygen atoms in total. The second kappa shape index (κ2) is 11.3. The summed E-state index contributed by atoms with van der Waals surface area (Å²) in [4.78, 5) is 27.9. The van der Waals surface area contributed by atoms with E-state index in [2.05, 4.69) is 15.7 Å². The van der Waals surface area contributed by atoms with E-state index in [4.69, 9.17) is 9.84 Å². The standard InChI is InChI=1S/C30H33F2N7O3/c1-18-26(20-14-33-37(5)15-20)36-39(21-9-7-6-8-10-21)27(18)35-28(40)34-25-17-38(29(41)42-30(2,3)4)16-22(25)19-11-12-23(31)24(32)13-19/h6-15,22,25H,16-17H2,1-5H3,(H2,34,35,40)/t22-,25-/m0/s1. The van der Waals surface area contributed by atoms with Gasteiger partial charge in [0.15, 0.2) is 11.6 Å². The Bertz CT molecular complexity index is 1610. The molecule has 2 N–H and O–H groups in total. The second-order valence-corrected chi connectivity index (χ2v) is 11.3. The number of nitrogens with one attached hydrogen (secondary N) is 2. The van der Waals surface area contributed by atoms with E-state index in [1.165, 1.54) is 11.0 Å². The third-order valence-electron chi connectivity index (χ3n) is 6.99. The lowest BCUT2D eigenvalue weighted by molar-refractivity contribution is 0.0289. The van der Waals surface area contributed by atoms with E-state index in [-0.39, 0.29) is 13.1 Å². The maximum Gasteiger partial charge on any atom is 0.410 e. The van der Waals surface area contributed by atoms with Crippen LogP contribution in [-0.4, -0.2) is 61.3 Å². The second-order valence-electron chi connectivity index (χ2n) is 11.3. The maximum absolute atomic E-state index is 14.2. The Labute approximate surface area is 242 Å². The Kier molecular flexibility index (Phi) is 7.72. The van der Waals surface area contributed by atoms with Crippen molar-refractivity contribution in [2.45, 2.75) is 45.3 Å². The molecule has 1 saturated heterocycles. The van der Waals surface area contributed by atoms with Gasteiger partial charge >= 0.3 is 12.1 Å². The number of aryl methyl sites for hydroxylation is 1. The average Bonchev–Trinajstić information content (AvgIpc) is 3.63. The highest BCUT2D eigenvalue weighted by Crippen LogP contribution is 2.32. The molecule has 4 aromatic rings. The van der Waals surface area contributed by atoms with Crippen molar-refractivity contribution in [3.63, 3.8) is 0 Å². The zero-order valence-corrected chi connectivity index (χ0v) is 24.1. The van der Waals surface area contributed by atoms with Crippen LogP contribution >= 0.6 is 0 Å². The van der Waals surface area contributed by atoms with Crippen molar-refractivity contribution < 1.29 is 23.1 Å². The number of hydrogen-bond donors (Lipinski definition) is 2. The molecule has 3 amide bonds.